The zero-order chi connectivity index (χ0) is 22.0. The monoisotopic (exact) mass is 398 g/mol. The molecule has 0 radical (unpaired) electrons. The van der Waals surface area contributed by atoms with Crippen molar-refractivity contribution in [3.63, 3.8) is 0 Å². The summed E-state index contributed by atoms with van der Waals surface area (Å²) < 4.78 is 0. The van der Waals surface area contributed by atoms with Crippen LogP contribution in [0.4, 0.5) is 0 Å². The van der Waals surface area contributed by atoms with Gasteiger partial charge in [0.1, 0.15) is 11.2 Å². The third-order valence-corrected chi connectivity index (χ3v) is 7.27. The summed E-state index contributed by atoms with van der Waals surface area (Å²) in [4.78, 5) is 39.3. The van der Waals surface area contributed by atoms with E-state index >= 15 is 0 Å². The summed E-state index contributed by atoms with van der Waals surface area (Å²) in [6.45, 7) is 11.3. The molecule has 0 saturated heterocycles. The molecule has 1 aromatic rings. The Morgan fingerprint density at radius 1 is 1.14 bits per heavy atom. The molecule has 158 valence electrons. The second kappa shape index (κ2) is 8.25. The Morgan fingerprint density at radius 2 is 1.72 bits per heavy atom. The number of hydrogen-bond acceptors (Lipinski definition) is 3. The highest BCUT2D eigenvalue weighted by atomic mass is 16.4. The number of rotatable bonds is 8. The number of benzene rings is 1. The molecule has 0 aromatic heterocycles. The third-order valence-electron chi connectivity index (χ3n) is 7.27. The van der Waals surface area contributed by atoms with Gasteiger partial charge in [0.25, 0.3) is 0 Å². The van der Waals surface area contributed by atoms with Crippen LogP contribution >= 0.6 is 0 Å². The number of carboxylic acids is 1. The number of carbonyl (C=O) groups excluding carboxylic acids is 2. The van der Waals surface area contributed by atoms with Crippen molar-refractivity contribution in [1.29, 1.82) is 0 Å². The largest absolute Gasteiger partial charge is 0.480 e. The molecule has 0 amide bonds. The first kappa shape index (κ1) is 23.1. The lowest BCUT2D eigenvalue weighted by atomic mass is 9.56. The molecule has 0 bridgehead atoms. The van der Waals surface area contributed by atoms with Crippen LogP contribution in [0, 0.1) is 28.1 Å². The van der Waals surface area contributed by atoms with Crippen molar-refractivity contribution in [2.75, 3.05) is 0 Å². The average Bonchev–Trinajstić information content (AvgIpc) is 2.66. The molecule has 0 aliphatic heterocycles. The van der Waals surface area contributed by atoms with Crippen LogP contribution in [-0.4, -0.2) is 22.6 Å². The molecule has 0 spiro atoms. The number of hydrogen-bond donors (Lipinski definition) is 1. The van der Waals surface area contributed by atoms with E-state index in [4.69, 9.17) is 0 Å². The molecular formula is C25H34O4. The summed E-state index contributed by atoms with van der Waals surface area (Å²) in [6.07, 6.45) is 5.49. The molecule has 4 heteroatoms. The Hall–Kier alpha value is -2.23. The third kappa shape index (κ3) is 4.08. The van der Waals surface area contributed by atoms with Gasteiger partial charge in [-0.05, 0) is 36.5 Å². The fourth-order valence-corrected chi connectivity index (χ4v) is 4.92. The van der Waals surface area contributed by atoms with Crippen LogP contribution in [-0.2, 0) is 9.59 Å². The summed E-state index contributed by atoms with van der Waals surface area (Å²) in [5.74, 6) is -1.68. The van der Waals surface area contributed by atoms with Gasteiger partial charge >= 0.3 is 5.97 Å². The number of Topliss-reactive ketones (excluding diaryl/α,β-unsaturated/α-hetero) is 2. The SMILES string of the molecule is CCC(C)(CC(=O)C1C(C)C=CCC1(C)C)C(C)(C(=O)O)C(=O)c1ccccc1. The van der Waals surface area contributed by atoms with Crippen molar-refractivity contribution in [3.05, 3.63) is 48.0 Å². The van der Waals surface area contributed by atoms with E-state index in [-0.39, 0.29) is 29.5 Å². The Kier molecular flexibility index (Phi) is 6.56. The fraction of sp³-hybridized carbons (Fsp3) is 0.560. The van der Waals surface area contributed by atoms with Gasteiger partial charge in [0.15, 0.2) is 5.78 Å². The number of carboxylic acid groups (broad SMARTS) is 1. The van der Waals surface area contributed by atoms with Gasteiger partial charge < -0.3 is 5.11 Å². The normalized spacial score (nSPS) is 24.9. The standard InChI is InChI=1S/C25H34O4/c1-7-24(5,16-19(26)20-17(2)12-11-15-23(20,3)4)25(6,22(28)29)21(27)18-13-9-8-10-14-18/h8-14,17,20H,7,15-16H2,1-6H3,(H,28,29). The predicted molar refractivity (Wildman–Crippen MR) is 115 cm³/mol. The zero-order valence-electron chi connectivity index (χ0n) is 18.5. The van der Waals surface area contributed by atoms with Gasteiger partial charge in [0, 0.05) is 17.9 Å². The number of allylic oxidation sites excluding steroid dienone is 2. The van der Waals surface area contributed by atoms with Crippen molar-refractivity contribution >= 4 is 17.5 Å². The average molecular weight is 399 g/mol. The minimum atomic E-state index is -1.70. The Morgan fingerprint density at radius 3 is 2.21 bits per heavy atom. The zero-order valence-corrected chi connectivity index (χ0v) is 18.5. The lowest BCUT2D eigenvalue weighted by Gasteiger charge is -2.45. The minimum absolute atomic E-state index is 0.0459. The first-order valence-corrected chi connectivity index (χ1v) is 10.4. The lowest BCUT2D eigenvalue weighted by molar-refractivity contribution is -0.153. The topological polar surface area (TPSA) is 71.4 Å². The van der Waals surface area contributed by atoms with Gasteiger partial charge in [-0.2, -0.15) is 0 Å². The van der Waals surface area contributed by atoms with E-state index in [9.17, 15) is 19.5 Å². The van der Waals surface area contributed by atoms with Gasteiger partial charge in [0.05, 0.1) is 0 Å². The first-order chi connectivity index (χ1) is 13.4. The van der Waals surface area contributed by atoms with E-state index in [1.807, 2.05) is 13.8 Å². The molecule has 0 fully saturated rings. The molecule has 0 heterocycles. The van der Waals surface area contributed by atoms with Crippen LogP contribution in [0.2, 0.25) is 0 Å². The van der Waals surface area contributed by atoms with E-state index in [1.54, 1.807) is 37.3 Å². The molecule has 4 atom stereocenters. The highest BCUT2D eigenvalue weighted by molar-refractivity contribution is 6.12. The van der Waals surface area contributed by atoms with Gasteiger partial charge in [-0.1, -0.05) is 77.1 Å². The molecule has 4 unspecified atom stereocenters. The molecule has 1 N–H and O–H groups in total. The minimum Gasteiger partial charge on any atom is -0.480 e. The second-order valence-electron chi connectivity index (χ2n) is 9.64. The van der Waals surface area contributed by atoms with Crippen molar-refractivity contribution < 1.29 is 19.5 Å². The van der Waals surface area contributed by atoms with Gasteiger partial charge in [0.2, 0.25) is 0 Å². The summed E-state index contributed by atoms with van der Waals surface area (Å²) >= 11 is 0. The summed E-state index contributed by atoms with van der Waals surface area (Å²) in [6, 6.07) is 8.51. The van der Waals surface area contributed by atoms with Gasteiger partial charge in [-0.15, -0.1) is 0 Å². The van der Waals surface area contributed by atoms with Crippen LogP contribution in [0.5, 0.6) is 0 Å². The van der Waals surface area contributed by atoms with E-state index in [0.717, 1.165) is 6.42 Å². The lowest BCUT2D eigenvalue weighted by Crippen LogP contribution is -2.52. The smallest absolute Gasteiger partial charge is 0.317 e. The van der Waals surface area contributed by atoms with Gasteiger partial charge in [-0.25, -0.2) is 0 Å². The van der Waals surface area contributed by atoms with E-state index < -0.39 is 22.6 Å². The Balaban J connectivity index is 2.46. The number of ketones is 2. The van der Waals surface area contributed by atoms with Crippen molar-refractivity contribution in [3.8, 4) is 0 Å². The maximum absolute atomic E-state index is 13.5. The number of aliphatic carboxylic acids is 1. The number of carbonyl (C=O) groups is 3. The van der Waals surface area contributed by atoms with Crippen molar-refractivity contribution in [2.24, 2.45) is 28.1 Å². The van der Waals surface area contributed by atoms with Crippen LogP contribution < -0.4 is 0 Å². The molecular weight excluding hydrogens is 364 g/mol. The first-order valence-electron chi connectivity index (χ1n) is 10.4. The Labute approximate surface area is 174 Å². The second-order valence-corrected chi connectivity index (χ2v) is 9.64. The molecule has 1 aromatic carbocycles. The quantitative estimate of drug-likeness (QED) is 0.353. The van der Waals surface area contributed by atoms with Crippen LogP contribution in [0.25, 0.3) is 0 Å². The Bertz CT molecular complexity index is 807. The fourth-order valence-electron chi connectivity index (χ4n) is 4.92. The molecule has 0 saturated carbocycles. The molecule has 2 rings (SSSR count). The van der Waals surface area contributed by atoms with E-state index in [1.165, 1.54) is 6.92 Å². The maximum Gasteiger partial charge on any atom is 0.317 e. The van der Waals surface area contributed by atoms with Crippen molar-refractivity contribution in [2.45, 2.75) is 60.8 Å². The highest BCUT2D eigenvalue weighted by Gasteiger charge is 2.56. The van der Waals surface area contributed by atoms with E-state index in [0.29, 0.717) is 12.0 Å². The summed E-state index contributed by atoms with van der Waals surface area (Å²) in [5.41, 5.74) is -2.53. The predicted octanol–water partition coefficient (Wildman–Crippen LogP) is 5.57. The highest BCUT2D eigenvalue weighted by Crippen LogP contribution is 2.50. The van der Waals surface area contributed by atoms with Crippen molar-refractivity contribution in [1.82, 2.24) is 0 Å². The van der Waals surface area contributed by atoms with Crippen LogP contribution in [0.3, 0.4) is 0 Å². The van der Waals surface area contributed by atoms with E-state index in [2.05, 4.69) is 26.0 Å². The van der Waals surface area contributed by atoms with Gasteiger partial charge in [-0.3, -0.25) is 14.4 Å². The molecule has 29 heavy (non-hydrogen) atoms. The summed E-state index contributed by atoms with van der Waals surface area (Å²) in [5, 5.41) is 10.2. The molecule has 4 nitrogen and oxygen atoms in total. The molecule has 1 aliphatic rings. The van der Waals surface area contributed by atoms with Crippen LogP contribution in [0.15, 0.2) is 42.5 Å². The summed E-state index contributed by atoms with van der Waals surface area (Å²) in [7, 11) is 0. The maximum atomic E-state index is 13.5. The molecule has 1 aliphatic carbocycles. The van der Waals surface area contributed by atoms with Crippen LogP contribution in [0.1, 0.15) is 71.2 Å².